The molecule has 0 radical (unpaired) electrons. The second-order valence-electron chi connectivity index (χ2n) is 6.63. The van der Waals surface area contributed by atoms with Gasteiger partial charge in [-0.15, -0.1) is 0 Å². The number of nitrogens with zero attached hydrogens (tertiary/aromatic N) is 2. The average molecular weight is 330 g/mol. The van der Waals surface area contributed by atoms with Gasteiger partial charge in [-0.25, -0.2) is 4.39 Å². The lowest BCUT2D eigenvalue weighted by Crippen LogP contribution is -2.23. The molecule has 0 amide bonds. The summed E-state index contributed by atoms with van der Waals surface area (Å²) in [6.45, 7) is 0. The van der Waals surface area contributed by atoms with Crippen molar-refractivity contribution in [3.63, 3.8) is 0 Å². The van der Waals surface area contributed by atoms with Crippen molar-refractivity contribution < 1.29 is 13.9 Å². The van der Waals surface area contributed by atoms with E-state index in [0.717, 1.165) is 48.9 Å². The molecule has 4 nitrogen and oxygen atoms in total. The molecule has 0 spiro atoms. The van der Waals surface area contributed by atoms with Gasteiger partial charge in [0.25, 0.3) is 0 Å². The summed E-state index contributed by atoms with van der Waals surface area (Å²) >= 11 is 0. The Kier molecular flexibility index (Phi) is 4.97. The summed E-state index contributed by atoms with van der Waals surface area (Å²) in [6, 6.07) is 7.10. The van der Waals surface area contributed by atoms with E-state index in [1.54, 1.807) is 23.0 Å². The van der Waals surface area contributed by atoms with Crippen LogP contribution < -0.4 is 0 Å². The van der Waals surface area contributed by atoms with E-state index in [0.29, 0.717) is 5.92 Å². The molecule has 0 bridgehead atoms. The number of benzene rings is 1. The fourth-order valence-electron chi connectivity index (χ4n) is 3.68. The van der Waals surface area contributed by atoms with Crippen LogP contribution in [0.4, 0.5) is 4.39 Å². The number of carbonyl (C=O) groups is 1. The topological polar surface area (TPSA) is 44.1 Å². The molecule has 1 aromatic carbocycles. The maximum Gasteiger partial charge on any atom is 0.308 e. The van der Waals surface area contributed by atoms with Gasteiger partial charge in [-0.3, -0.25) is 9.48 Å². The second kappa shape index (κ2) is 7.16. The number of hydrogen-bond donors (Lipinski definition) is 0. The number of esters is 1. The van der Waals surface area contributed by atoms with Crippen molar-refractivity contribution in [1.82, 2.24) is 9.78 Å². The zero-order valence-corrected chi connectivity index (χ0v) is 14.2. The van der Waals surface area contributed by atoms with Crippen molar-refractivity contribution in [3.8, 4) is 11.3 Å². The number of hydrogen-bond acceptors (Lipinski definition) is 3. The SMILES string of the molecule is COC(=O)C1CCC(Cc2cc(F)cc(-c3ccnn3C)c2)CC1. The Labute approximate surface area is 141 Å². The number of aromatic nitrogens is 2. The van der Waals surface area contributed by atoms with Crippen LogP contribution in [0, 0.1) is 17.7 Å². The molecule has 0 N–H and O–H groups in total. The Morgan fingerprint density at radius 1 is 1.29 bits per heavy atom. The molecular weight excluding hydrogens is 307 g/mol. The van der Waals surface area contributed by atoms with Gasteiger partial charge < -0.3 is 4.74 Å². The highest BCUT2D eigenvalue weighted by atomic mass is 19.1. The monoisotopic (exact) mass is 330 g/mol. The Morgan fingerprint density at radius 3 is 2.67 bits per heavy atom. The van der Waals surface area contributed by atoms with Gasteiger partial charge in [-0.05, 0) is 67.9 Å². The summed E-state index contributed by atoms with van der Waals surface area (Å²) in [5.41, 5.74) is 2.77. The van der Waals surface area contributed by atoms with Crippen molar-refractivity contribution in [3.05, 3.63) is 41.8 Å². The average Bonchev–Trinajstić information content (AvgIpc) is 3.00. The summed E-state index contributed by atoms with van der Waals surface area (Å²) in [7, 11) is 3.30. The minimum atomic E-state index is -0.216. The molecule has 128 valence electrons. The Hall–Kier alpha value is -2.17. The highest BCUT2D eigenvalue weighted by Gasteiger charge is 2.27. The molecule has 1 heterocycles. The molecule has 2 aromatic rings. The molecule has 1 saturated carbocycles. The van der Waals surface area contributed by atoms with Gasteiger partial charge in [0.2, 0.25) is 0 Å². The van der Waals surface area contributed by atoms with E-state index in [1.807, 2.05) is 19.2 Å². The lowest BCUT2D eigenvalue weighted by atomic mass is 9.79. The van der Waals surface area contributed by atoms with Crippen molar-refractivity contribution in [2.75, 3.05) is 7.11 Å². The first-order valence-corrected chi connectivity index (χ1v) is 8.42. The summed E-state index contributed by atoms with van der Waals surface area (Å²) in [4.78, 5) is 11.6. The zero-order chi connectivity index (χ0) is 17.1. The highest BCUT2D eigenvalue weighted by Crippen LogP contribution is 2.32. The molecule has 1 aliphatic carbocycles. The van der Waals surface area contributed by atoms with E-state index in [4.69, 9.17) is 4.74 Å². The van der Waals surface area contributed by atoms with E-state index in [1.165, 1.54) is 7.11 Å². The van der Waals surface area contributed by atoms with Crippen LogP contribution in [0.25, 0.3) is 11.3 Å². The third-order valence-corrected chi connectivity index (χ3v) is 4.98. The lowest BCUT2D eigenvalue weighted by Gasteiger charge is -2.27. The van der Waals surface area contributed by atoms with Gasteiger partial charge in [0.05, 0.1) is 18.7 Å². The summed E-state index contributed by atoms with van der Waals surface area (Å²) in [6.07, 6.45) is 6.25. The predicted molar refractivity (Wildman–Crippen MR) is 89.8 cm³/mol. The normalized spacial score (nSPS) is 20.8. The van der Waals surface area contributed by atoms with Crippen LogP contribution in [-0.2, 0) is 23.0 Å². The molecular formula is C19H23FN2O2. The number of methoxy groups -OCH3 is 1. The molecule has 5 heteroatoms. The zero-order valence-electron chi connectivity index (χ0n) is 14.2. The molecule has 1 aliphatic rings. The van der Waals surface area contributed by atoms with Crippen LogP contribution >= 0.6 is 0 Å². The van der Waals surface area contributed by atoms with E-state index >= 15 is 0 Å². The van der Waals surface area contributed by atoms with Gasteiger partial charge in [-0.1, -0.05) is 0 Å². The summed E-state index contributed by atoms with van der Waals surface area (Å²) in [5.74, 6) is 0.209. The van der Waals surface area contributed by atoms with Crippen LogP contribution in [0.5, 0.6) is 0 Å². The van der Waals surface area contributed by atoms with E-state index < -0.39 is 0 Å². The smallest absolute Gasteiger partial charge is 0.308 e. The first-order valence-electron chi connectivity index (χ1n) is 8.42. The fraction of sp³-hybridized carbons (Fsp3) is 0.474. The van der Waals surface area contributed by atoms with Crippen molar-refractivity contribution >= 4 is 5.97 Å². The van der Waals surface area contributed by atoms with Gasteiger partial charge in [0.1, 0.15) is 5.82 Å². The van der Waals surface area contributed by atoms with E-state index in [2.05, 4.69) is 5.10 Å². The molecule has 0 unspecified atom stereocenters. The molecule has 0 saturated heterocycles. The van der Waals surface area contributed by atoms with Crippen LogP contribution in [-0.4, -0.2) is 22.9 Å². The molecule has 1 aromatic heterocycles. The van der Waals surface area contributed by atoms with E-state index in [9.17, 15) is 9.18 Å². The van der Waals surface area contributed by atoms with Crippen molar-refractivity contribution in [1.29, 1.82) is 0 Å². The number of halogens is 1. The molecule has 24 heavy (non-hydrogen) atoms. The minimum Gasteiger partial charge on any atom is -0.469 e. The van der Waals surface area contributed by atoms with Gasteiger partial charge in [-0.2, -0.15) is 5.10 Å². The standard InChI is InChI=1S/C19H23FN2O2/c1-22-18(7-8-21-22)16-10-14(11-17(20)12-16)9-13-3-5-15(6-4-13)19(23)24-2/h7-8,10-13,15H,3-6,9H2,1-2H3. The maximum absolute atomic E-state index is 14.0. The number of rotatable bonds is 4. The molecule has 3 rings (SSSR count). The third-order valence-electron chi connectivity index (χ3n) is 4.98. The van der Waals surface area contributed by atoms with Crippen LogP contribution in [0.2, 0.25) is 0 Å². The summed E-state index contributed by atoms with van der Waals surface area (Å²) < 4.78 is 20.6. The second-order valence-corrected chi connectivity index (χ2v) is 6.63. The maximum atomic E-state index is 14.0. The summed E-state index contributed by atoms with van der Waals surface area (Å²) in [5, 5.41) is 4.15. The van der Waals surface area contributed by atoms with Gasteiger partial charge >= 0.3 is 5.97 Å². The Bertz CT molecular complexity index is 718. The predicted octanol–water partition coefficient (Wildman–Crippen LogP) is 3.75. The van der Waals surface area contributed by atoms with Gasteiger partial charge in [0.15, 0.2) is 0 Å². The minimum absolute atomic E-state index is 0.0313. The number of ether oxygens (including phenoxy) is 1. The van der Waals surface area contributed by atoms with Crippen molar-refractivity contribution in [2.45, 2.75) is 32.1 Å². The fourth-order valence-corrected chi connectivity index (χ4v) is 3.68. The lowest BCUT2D eigenvalue weighted by molar-refractivity contribution is -0.146. The Morgan fingerprint density at radius 2 is 2.04 bits per heavy atom. The van der Waals surface area contributed by atoms with Crippen molar-refractivity contribution in [2.24, 2.45) is 18.9 Å². The first kappa shape index (κ1) is 16.7. The molecule has 0 aliphatic heterocycles. The van der Waals surface area contributed by atoms with Gasteiger partial charge in [0, 0.05) is 18.8 Å². The van der Waals surface area contributed by atoms with Crippen LogP contribution in [0.1, 0.15) is 31.2 Å². The number of aryl methyl sites for hydroxylation is 1. The molecule has 0 atom stereocenters. The Balaban J connectivity index is 1.69. The van der Waals surface area contributed by atoms with Crippen LogP contribution in [0.15, 0.2) is 30.5 Å². The quantitative estimate of drug-likeness (QED) is 0.802. The largest absolute Gasteiger partial charge is 0.469 e. The van der Waals surface area contributed by atoms with Crippen LogP contribution in [0.3, 0.4) is 0 Å². The highest BCUT2D eigenvalue weighted by molar-refractivity contribution is 5.72. The third kappa shape index (κ3) is 3.66. The first-order chi connectivity index (χ1) is 11.6. The molecule has 1 fully saturated rings. The van der Waals surface area contributed by atoms with E-state index in [-0.39, 0.29) is 17.7 Å². The number of carbonyl (C=O) groups excluding carboxylic acids is 1.